The number of nitrogens with one attached hydrogen (secondary N) is 2. The zero-order chi connectivity index (χ0) is 16.5. The molecule has 5 nitrogen and oxygen atoms in total. The van der Waals surface area contributed by atoms with Crippen LogP contribution in [0.25, 0.3) is 0 Å². The molecule has 1 aliphatic rings. The molecule has 0 aliphatic heterocycles. The van der Waals surface area contributed by atoms with Crippen LogP contribution in [-0.4, -0.2) is 33.3 Å². The standard InChI is InChI=1S/C18H29N3O2/c1-4-19-18(20-11-5-6-14-7-8-14)21-13-15-9-10-16(22-2)12-17(15)23-3/h9-10,12,14H,4-8,11,13H2,1-3H3,(H2,19,20,21). The van der Waals surface area contributed by atoms with Crippen LogP contribution in [0.5, 0.6) is 11.5 Å². The third-order valence-electron chi connectivity index (χ3n) is 4.02. The number of rotatable bonds is 9. The van der Waals surface area contributed by atoms with Crippen LogP contribution in [0.1, 0.15) is 38.2 Å². The van der Waals surface area contributed by atoms with Crippen LogP contribution in [0.15, 0.2) is 23.2 Å². The summed E-state index contributed by atoms with van der Waals surface area (Å²) < 4.78 is 10.6. The number of guanidine groups is 1. The Morgan fingerprint density at radius 1 is 1.22 bits per heavy atom. The molecular weight excluding hydrogens is 290 g/mol. The zero-order valence-corrected chi connectivity index (χ0v) is 14.5. The summed E-state index contributed by atoms with van der Waals surface area (Å²) in [7, 11) is 3.32. The van der Waals surface area contributed by atoms with Crippen molar-refractivity contribution < 1.29 is 9.47 Å². The largest absolute Gasteiger partial charge is 0.497 e. The number of aliphatic imine (C=N–C) groups is 1. The quantitative estimate of drug-likeness (QED) is 0.417. The van der Waals surface area contributed by atoms with Gasteiger partial charge < -0.3 is 20.1 Å². The first-order valence-electron chi connectivity index (χ1n) is 8.50. The molecule has 1 aromatic carbocycles. The zero-order valence-electron chi connectivity index (χ0n) is 14.5. The molecule has 0 heterocycles. The van der Waals surface area contributed by atoms with Gasteiger partial charge in [0, 0.05) is 24.7 Å². The summed E-state index contributed by atoms with van der Waals surface area (Å²) in [5.41, 5.74) is 1.04. The Balaban J connectivity index is 1.89. The highest BCUT2D eigenvalue weighted by Gasteiger charge is 2.19. The summed E-state index contributed by atoms with van der Waals surface area (Å²) in [5, 5.41) is 6.70. The minimum atomic E-state index is 0.575. The molecule has 0 aromatic heterocycles. The van der Waals surface area contributed by atoms with E-state index in [2.05, 4.69) is 22.5 Å². The van der Waals surface area contributed by atoms with Crippen LogP contribution in [-0.2, 0) is 6.54 Å². The summed E-state index contributed by atoms with van der Waals surface area (Å²) in [6.07, 6.45) is 5.39. The first-order valence-corrected chi connectivity index (χ1v) is 8.50. The van der Waals surface area contributed by atoms with Gasteiger partial charge in [-0.05, 0) is 37.8 Å². The van der Waals surface area contributed by atoms with Crippen LogP contribution in [0, 0.1) is 5.92 Å². The maximum Gasteiger partial charge on any atom is 0.191 e. The number of ether oxygens (including phenoxy) is 2. The van der Waals surface area contributed by atoms with Crippen LogP contribution < -0.4 is 20.1 Å². The molecule has 5 heteroatoms. The molecule has 0 unspecified atom stereocenters. The third-order valence-corrected chi connectivity index (χ3v) is 4.02. The average Bonchev–Trinajstić information content (AvgIpc) is 3.40. The third kappa shape index (κ3) is 6.00. The minimum absolute atomic E-state index is 0.575. The molecule has 1 aliphatic carbocycles. The molecule has 1 saturated carbocycles. The first kappa shape index (κ1) is 17.4. The average molecular weight is 319 g/mol. The van der Waals surface area contributed by atoms with Gasteiger partial charge in [-0.1, -0.05) is 12.8 Å². The van der Waals surface area contributed by atoms with E-state index in [0.29, 0.717) is 6.54 Å². The van der Waals surface area contributed by atoms with Gasteiger partial charge in [-0.15, -0.1) is 0 Å². The maximum absolute atomic E-state index is 5.42. The molecule has 0 amide bonds. The number of nitrogens with zero attached hydrogens (tertiary/aromatic N) is 1. The van der Waals surface area contributed by atoms with E-state index >= 15 is 0 Å². The van der Waals surface area contributed by atoms with Crippen molar-refractivity contribution in [1.29, 1.82) is 0 Å². The summed E-state index contributed by atoms with van der Waals surface area (Å²) in [6.45, 7) is 4.48. The molecule has 1 fully saturated rings. The molecule has 0 spiro atoms. The van der Waals surface area contributed by atoms with Gasteiger partial charge in [0.05, 0.1) is 20.8 Å². The Morgan fingerprint density at radius 2 is 2.04 bits per heavy atom. The highest BCUT2D eigenvalue weighted by atomic mass is 16.5. The number of methoxy groups -OCH3 is 2. The summed E-state index contributed by atoms with van der Waals surface area (Å²) in [5.74, 6) is 3.44. The van der Waals surface area contributed by atoms with Crippen molar-refractivity contribution in [2.75, 3.05) is 27.3 Å². The number of hydrogen-bond acceptors (Lipinski definition) is 3. The van der Waals surface area contributed by atoms with Crippen molar-refractivity contribution in [2.24, 2.45) is 10.9 Å². The smallest absolute Gasteiger partial charge is 0.191 e. The van der Waals surface area contributed by atoms with Crippen molar-refractivity contribution in [2.45, 2.75) is 39.2 Å². The molecule has 1 aromatic rings. The van der Waals surface area contributed by atoms with Crippen molar-refractivity contribution >= 4 is 5.96 Å². The fourth-order valence-electron chi connectivity index (χ4n) is 2.49. The van der Waals surface area contributed by atoms with Crippen LogP contribution in [0.2, 0.25) is 0 Å². The van der Waals surface area contributed by atoms with Gasteiger partial charge in [-0.3, -0.25) is 0 Å². The summed E-state index contributed by atoms with van der Waals surface area (Å²) in [6, 6.07) is 5.82. The van der Waals surface area contributed by atoms with E-state index in [1.165, 1.54) is 25.7 Å². The van der Waals surface area contributed by atoms with Gasteiger partial charge in [-0.2, -0.15) is 0 Å². The lowest BCUT2D eigenvalue weighted by Gasteiger charge is -2.12. The van der Waals surface area contributed by atoms with Gasteiger partial charge in [0.25, 0.3) is 0 Å². The predicted molar refractivity (Wildman–Crippen MR) is 94.3 cm³/mol. The second-order valence-electron chi connectivity index (χ2n) is 5.89. The van der Waals surface area contributed by atoms with Gasteiger partial charge in [0.1, 0.15) is 11.5 Å². The van der Waals surface area contributed by atoms with Crippen molar-refractivity contribution in [3.63, 3.8) is 0 Å². The van der Waals surface area contributed by atoms with E-state index in [-0.39, 0.29) is 0 Å². The molecule has 0 radical (unpaired) electrons. The van der Waals surface area contributed by atoms with Crippen molar-refractivity contribution in [3.05, 3.63) is 23.8 Å². The fraction of sp³-hybridized carbons (Fsp3) is 0.611. The van der Waals surface area contributed by atoms with Gasteiger partial charge in [-0.25, -0.2) is 4.99 Å². The number of benzene rings is 1. The van der Waals surface area contributed by atoms with E-state index in [1.54, 1.807) is 14.2 Å². The highest BCUT2D eigenvalue weighted by molar-refractivity contribution is 5.79. The monoisotopic (exact) mass is 319 g/mol. The predicted octanol–water partition coefficient (Wildman–Crippen LogP) is 2.95. The SMILES string of the molecule is CCNC(=NCc1ccc(OC)cc1OC)NCCCC1CC1. The Morgan fingerprint density at radius 3 is 2.70 bits per heavy atom. The second-order valence-corrected chi connectivity index (χ2v) is 5.89. The molecule has 23 heavy (non-hydrogen) atoms. The molecule has 2 rings (SSSR count). The first-order chi connectivity index (χ1) is 11.3. The molecule has 2 N–H and O–H groups in total. The fourth-order valence-corrected chi connectivity index (χ4v) is 2.49. The van der Waals surface area contributed by atoms with E-state index < -0.39 is 0 Å². The normalized spacial score (nSPS) is 14.5. The lowest BCUT2D eigenvalue weighted by molar-refractivity contribution is 0.391. The molecule has 0 saturated heterocycles. The number of hydrogen-bond donors (Lipinski definition) is 2. The van der Waals surface area contributed by atoms with Gasteiger partial charge >= 0.3 is 0 Å². The van der Waals surface area contributed by atoms with E-state index in [0.717, 1.165) is 42.0 Å². The van der Waals surface area contributed by atoms with Gasteiger partial charge in [0.15, 0.2) is 5.96 Å². The Kier molecular flexibility index (Phi) is 7.04. The maximum atomic E-state index is 5.42. The van der Waals surface area contributed by atoms with E-state index in [4.69, 9.17) is 9.47 Å². The minimum Gasteiger partial charge on any atom is -0.497 e. The molecule has 0 bridgehead atoms. The summed E-state index contributed by atoms with van der Waals surface area (Å²) in [4.78, 5) is 4.65. The lowest BCUT2D eigenvalue weighted by atomic mass is 10.2. The van der Waals surface area contributed by atoms with Crippen LogP contribution in [0.3, 0.4) is 0 Å². The Hall–Kier alpha value is -1.91. The van der Waals surface area contributed by atoms with Crippen molar-refractivity contribution in [3.8, 4) is 11.5 Å². The molecule has 128 valence electrons. The topological polar surface area (TPSA) is 54.9 Å². The Labute approximate surface area is 139 Å². The summed E-state index contributed by atoms with van der Waals surface area (Å²) >= 11 is 0. The van der Waals surface area contributed by atoms with Crippen molar-refractivity contribution in [1.82, 2.24) is 10.6 Å². The lowest BCUT2D eigenvalue weighted by Crippen LogP contribution is -2.37. The van der Waals surface area contributed by atoms with Crippen LogP contribution in [0.4, 0.5) is 0 Å². The molecular formula is C18H29N3O2. The van der Waals surface area contributed by atoms with E-state index in [9.17, 15) is 0 Å². The molecule has 0 atom stereocenters. The Bertz CT molecular complexity index is 513. The van der Waals surface area contributed by atoms with E-state index in [1.807, 2.05) is 18.2 Å². The van der Waals surface area contributed by atoms with Gasteiger partial charge in [0.2, 0.25) is 0 Å². The van der Waals surface area contributed by atoms with Crippen LogP contribution >= 0.6 is 0 Å². The highest BCUT2D eigenvalue weighted by Crippen LogP contribution is 2.33. The second kappa shape index (κ2) is 9.28.